The van der Waals surface area contributed by atoms with Crippen LogP contribution in [-0.2, 0) is 22.9 Å². The van der Waals surface area contributed by atoms with E-state index in [-0.39, 0.29) is 23.7 Å². The van der Waals surface area contributed by atoms with Crippen LogP contribution in [0.25, 0.3) is 0 Å². The Kier molecular flexibility index (Phi) is 6.17. The summed E-state index contributed by atoms with van der Waals surface area (Å²) < 4.78 is 61.0. The van der Waals surface area contributed by atoms with Gasteiger partial charge in [-0.25, -0.2) is 9.37 Å². The summed E-state index contributed by atoms with van der Waals surface area (Å²) in [6.45, 7) is 3.19. The van der Waals surface area contributed by atoms with Crippen LogP contribution in [-0.4, -0.2) is 25.0 Å². The third-order valence-corrected chi connectivity index (χ3v) is 6.58. The van der Waals surface area contributed by atoms with E-state index in [2.05, 4.69) is 10.3 Å². The van der Waals surface area contributed by atoms with Gasteiger partial charge < -0.3 is 15.0 Å². The number of amides is 1. The van der Waals surface area contributed by atoms with Gasteiger partial charge in [0.05, 0.1) is 18.4 Å². The van der Waals surface area contributed by atoms with Crippen molar-refractivity contribution >= 4 is 29.0 Å². The number of fused-ring (bicyclic) bond motifs is 1. The molecule has 10 heteroatoms. The molecule has 1 aromatic heterocycles. The molecule has 0 bridgehead atoms. The molecule has 0 aliphatic carbocycles. The molecule has 0 spiro atoms. The van der Waals surface area contributed by atoms with Gasteiger partial charge in [0.2, 0.25) is 0 Å². The van der Waals surface area contributed by atoms with Crippen LogP contribution in [0, 0.1) is 19.7 Å². The van der Waals surface area contributed by atoms with E-state index < -0.39 is 29.0 Å². The summed E-state index contributed by atoms with van der Waals surface area (Å²) in [4.78, 5) is 19.4. The first-order chi connectivity index (χ1) is 16.4. The number of halogens is 5. The van der Waals surface area contributed by atoms with Crippen LogP contribution in [0.1, 0.15) is 27.9 Å². The van der Waals surface area contributed by atoms with Crippen LogP contribution < -0.4 is 15.0 Å². The second-order valence-electron chi connectivity index (χ2n) is 8.38. The number of carbonyl (C=O) groups excluding carboxylic acids is 1. The van der Waals surface area contributed by atoms with Gasteiger partial charge in [-0.05, 0) is 54.8 Å². The van der Waals surface area contributed by atoms with Crippen molar-refractivity contribution in [1.82, 2.24) is 10.3 Å². The van der Waals surface area contributed by atoms with Crippen LogP contribution in [0.5, 0.6) is 5.75 Å². The van der Waals surface area contributed by atoms with Crippen LogP contribution in [0.3, 0.4) is 0 Å². The Balaban J connectivity index is 2.10. The van der Waals surface area contributed by atoms with Gasteiger partial charge in [-0.2, -0.15) is 13.2 Å². The van der Waals surface area contributed by atoms with E-state index in [1.165, 1.54) is 38.1 Å². The molecule has 3 aromatic rings. The number of nitrogens with one attached hydrogen (secondary N) is 1. The molecule has 0 saturated heterocycles. The molecule has 0 saturated carbocycles. The summed E-state index contributed by atoms with van der Waals surface area (Å²) in [5.74, 6) is -1.38. The number of aromatic nitrogens is 1. The molecule has 1 aliphatic rings. The van der Waals surface area contributed by atoms with Crippen molar-refractivity contribution in [1.29, 1.82) is 0 Å². The van der Waals surface area contributed by atoms with Crippen molar-refractivity contribution in [2.45, 2.75) is 32.0 Å². The summed E-state index contributed by atoms with van der Waals surface area (Å²) >= 11 is 6.22. The van der Waals surface area contributed by atoms with Gasteiger partial charge in [0.15, 0.2) is 17.1 Å². The number of likely N-dealkylation sites (N-methyl/N-ethyl adjacent to an activating group) is 1. The number of rotatable bonds is 4. The van der Waals surface area contributed by atoms with E-state index >= 15 is 0 Å². The second-order valence-corrected chi connectivity index (χ2v) is 8.79. The molecule has 0 radical (unpaired) electrons. The van der Waals surface area contributed by atoms with Crippen molar-refractivity contribution in [3.8, 4) is 5.75 Å². The van der Waals surface area contributed by atoms with E-state index in [1.54, 1.807) is 25.1 Å². The molecule has 4 rings (SSSR count). The fourth-order valence-corrected chi connectivity index (χ4v) is 4.67. The number of methoxy groups -OCH3 is 1. The quantitative estimate of drug-likeness (QED) is 0.450. The minimum absolute atomic E-state index is 0.0268. The highest BCUT2D eigenvalue weighted by molar-refractivity contribution is 6.31. The number of anilines is 2. The van der Waals surface area contributed by atoms with E-state index in [0.29, 0.717) is 27.4 Å². The van der Waals surface area contributed by atoms with Crippen LogP contribution >= 0.6 is 11.6 Å². The van der Waals surface area contributed by atoms with Crippen molar-refractivity contribution in [3.05, 3.63) is 81.3 Å². The molecule has 1 aliphatic heterocycles. The van der Waals surface area contributed by atoms with Crippen LogP contribution in [0.2, 0.25) is 5.02 Å². The molecule has 5 nitrogen and oxygen atoms in total. The second kappa shape index (κ2) is 8.71. The lowest BCUT2D eigenvalue weighted by Crippen LogP contribution is -2.53. The summed E-state index contributed by atoms with van der Waals surface area (Å²) in [6.07, 6.45) is -4.67. The lowest BCUT2D eigenvalue weighted by atomic mass is 9.84. The van der Waals surface area contributed by atoms with E-state index in [1.807, 2.05) is 0 Å². The number of alkyl halides is 3. The number of aryl methyl sites for hydroxylation is 2. The lowest BCUT2D eigenvalue weighted by molar-refractivity contribution is -0.137. The number of nitrogens with zero attached hydrogens (tertiary/aromatic N) is 2. The topological polar surface area (TPSA) is 54.5 Å². The Morgan fingerprint density at radius 1 is 1.17 bits per heavy atom. The molecule has 1 N–H and O–H groups in total. The van der Waals surface area contributed by atoms with Crippen molar-refractivity contribution in [2.75, 3.05) is 19.1 Å². The van der Waals surface area contributed by atoms with Crippen molar-refractivity contribution in [3.63, 3.8) is 0 Å². The zero-order valence-electron chi connectivity index (χ0n) is 19.3. The predicted octanol–water partition coefficient (Wildman–Crippen LogP) is 5.85. The third kappa shape index (κ3) is 4.07. The molecule has 1 atom stereocenters. The molecule has 2 aromatic carbocycles. The summed E-state index contributed by atoms with van der Waals surface area (Å²) in [7, 11) is 2.71. The lowest BCUT2D eigenvalue weighted by Gasteiger charge is -2.39. The molecule has 35 heavy (non-hydrogen) atoms. The number of hydrogen-bond acceptors (Lipinski definition) is 4. The highest BCUT2D eigenvalue weighted by atomic mass is 35.5. The normalized spacial score (nSPS) is 17.3. The van der Waals surface area contributed by atoms with Crippen LogP contribution in [0.15, 0.2) is 42.5 Å². The Morgan fingerprint density at radius 3 is 2.49 bits per heavy atom. The van der Waals surface area contributed by atoms with Gasteiger partial charge in [0, 0.05) is 30.3 Å². The Labute approximate surface area is 204 Å². The number of pyridine rings is 1. The standard InChI is InChI=1S/C25H22ClF4N3O2/c1-13-7-16(5-6-18(13)26)24(23(34)31-3)12-15-9-19(27)21(35-4)11-20(15)33(24)22-10-17(25(28,29)30)8-14(2)32-22/h5-11H,12H2,1-4H3,(H,31,34). The number of benzene rings is 2. The maximum atomic E-state index is 14.7. The molecule has 1 amide bonds. The Bertz CT molecular complexity index is 1330. The average Bonchev–Trinajstić information content (AvgIpc) is 3.13. The molecule has 2 heterocycles. The highest BCUT2D eigenvalue weighted by Gasteiger charge is 2.53. The molecule has 184 valence electrons. The first kappa shape index (κ1) is 24.8. The minimum atomic E-state index is -4.64. The fraction of sp³-hybridized carbons (Fsp3) is 0.280. The summed E-state index contributed by atoms with van der Waals surface area (Å²) in [6, 6.07) is 9.37. The number of ether oxygens (including phenoxy) is 1. The van der Waals surface area contributed by atoms with Gasteiger partial charge in [-0.1, -0.05) is 23.7 Å². The van der Waals surface area contributed by atoms with Gasteiger partial charge in [0.25, 0.3) is 5.91 Å². The predicted molar refractivity (Wildman–Crippen MR) is 125 cm³/mol. The first-order valence-electron chi connectivity index (χ1n) is 10.6. The molecular weight excluding hydrogens is 486 g/mol. The van der Waals surface area contributed by atoms with E-state index in [9.17, 15) is 22.4 Å². The number of hydrogen-bond donors (Lipinski definition) is 1. The van der Waals surface area contributed by atoms with E-state index in [4.69, 9.17) is 16.3 Å². The third-order valence-electron chi connectivity index (χ3n) is 6.16. The maximum absolute atomic E-state index is 14.7. The zero-order chi connectivity index (χ0) is 25.7. The van der Waals surface area contributed by atoms with Crippen molar-refractivity contribution < 1.29 is 27.1 Å². The summed E-state index contributed by atoms with van der Waals surface area (Å²) in [5.41, 5.74) is -0.529. The molecular formula is C25H22ClF4N3O2. The largest absolute Gasteiger partial charge is 0.494 e. The number of carbonyl (C=O) groups is 1. The van der Waals surface area contributed by atoms with Gasteiger partial charge in [-0.3, -0.25) is 4.79 Å². The molecule has 1 unspecified atom stereocenters. The van der Waals surface area contributed by atoms with Crippen molar-refractivity contribution in [2.24, 2.45) is 0 Å². The SMILES string of the molecule is CNC(=O)C1(c2ccc(Cl)c(C)c2)Cc2cc(F)c(OC)cc2N1c1cc(C(F)(F)F)cc(C)n1. The maximum Gasteiger partial charge on any atom is 0.416 e. The summed E-state index contributed by atoms with van der Waals surface area (Å²) in [5, 5.41) is 3.09. The molecule has 0 fully saturated rings. The van der Waals surface area contributed by atoms with Gasteiger partial charge in [-0.15, -0.1) is 0 Å². The average molecular weight is 508 g/mol. The highest BCUT2D eigenvalue weighted by Crippen LogP contribution is 2.51. The van der Waals surface area contributed by atoms with Crippen LogP contribution in [0.4, 0.5) is 29.1 Å². The smallest absolute Gasteiger partial charge is 0.416 e. The minimum Gasteiger partial charge on any atom is -0.494 e. The first-order valence-corrected chi connectivity index (χ1v) is 11.0. The fourth-order valence-electron chi connectivity index (χ4n) is 4.55. The Morgan fingerprint density at radius 2 is 1.89 bits per heavy atom. The van der Waals surface area contributed by atoms with E-state index in [0.717, 1.165) is 12.1 Å². The Hall–Kier alpha value is -3.33. The monoisotopic (exact) mass is 507 g/mol. The van der Waals surface area contributed by atoms with Gasteiger partial charge >= 0.3 is 6.18 Å². The zero-order valence-corrected chi connectivity index (χ0v) is 20.1. The van der Waals surface area contributed by atoms with Gasteiger partial charge in [0.1, 0.15) is 5.82 Å².